The van der Waals surface area contributed by atoms with Gasteiger partial charge in [-0.1, -0.05) is 12.1 Å². The highest BCUT2D eigenvalue weighted by atomic mass is 15.1. The van der Waals surface area contributed by atoms with Crippen LogP contribution in [0.25, 0.3) is 11.1 Å². The third-order valence-electron chi connectivity index (χ3n) is 3.07. The van der Waals surface area contributed by atoms with Gasteiger partial charge in [-0.3, -0.25) is 9.97 Å². The van der Waals surface area contributed by atoms with Crippen molar-refractivity contribution in [2.75, 3.05) is 0 Å². The molecule has 0 aliphatic rings. The molecule has 0 bridgehead atoms. The van der Waals surface area contributed by atoms with Crippen LogP contribution < -0.4 is 0 Å². The van der Waals surface area contributed by atoms with Gasteiger partial charge < -0.3 is 0 Å². The molecule has 0 unspecified atom stereocenters. The molecule has 102 valence electrons. The minimum absolute atomic E-state index is 0.564. The number of rotatable bonds is 4. The van der Waals surface area contributed by atoms with Crippen LogP contribution in [0.3, 0.4) is 0 Å². The van der Waals surface area contributed by atoms with Crippen molar-refractivity contribution in [3.63, 3.8) is 0 Å². The summed E-state index contributed by atoms with van der Waals surface area (Å²) in [6, 6.07) is 15.8. The third kappa shape index (κ3) is 3.57. The average Bonchev–Trinajstić information content (AvgIpc) is 2.57. The maximum absolute atomic E-state index is 4.23. The molecule has 0 N–H and O–H groups in total. The van der Waals surface area contributed by atoms with Crippen molar-refractivity contribution >= 4 is 5.69 Å². The summed E-state index contributed by atoms with van der Waals surface area (Å²) in [6.45, 7) is 0.564. The van der Waals surface area contributed by atoms with Gasteiger partial charge >= 0.3 is 0 Å². The highest BCUT2D eigenvalue weighted by Gasteiger charge is 1.97. The number of aromatic nitrogens is 2. The summed E-state index contributed by atoms with van der Waals surface area (Å²) < 4.78 is 0. The minimum atomic E-state index is 0.564. The van der Waals surface area contributed by atoms with Crippen LogP contribution in [0.5, 0.6) is 0 Å². The molecule has 0 radical (unpaired) electrons. The maximum Gasteiger partial charge on any atom is 0.0854 e. The Morgan fingerprint density at radius 3 is 1.90 bits per heavy atom. The molecule has 0 saturated heterocycles. The molecule has 0 atom stereocenters. The molecule has 3 aromatic rings. The van der Waals surface area contributed by atoms with Crippen LogP contribution in [0.2, 0.25) is 0 Å². The zero-order valence-corrected chi connectivity index (χ0v) is 11.4. The van der Waals surface area contributed by atoms with E-state index < -0.39 is 0 Å². The van der Waals surface area contributed by atoms with Crippen LogP contribution in [0.4, 0.5) is 5.69 Å². The first kappa shape index (κ1) is 13.1. The van der Waals surface area contributed by atoms with Gasteiger partial charge in [0, 0.05) is 24.8 Å². The quantitative estimate of drug-likeness (QED) is 0.661. The first-order valence-electron chi connectivity index (χ1n) is 6.69. The van der Waals surface area contributed by atoms with Crippen molar-refractivity contribution in [3.05, 3.63) is 78.9 Å². The van der Waals surface area contributed by atoms with Crippen molar-refractivity contribution in [1.29, 1.82) is 0 Å². The number of hydrogen-bond donors (Lipinski definition) is 0. The lowest BCUT2D eigenvalue weighted by Gasteiger charge is -2.00. The highest BCUT2D eigenvalue weighted by Crippen LogP contribution is 2.22. The molecule has 0 aliphatic heterocycles. The van der Waals surface area contributed by atoms with E-state index in [2.05, 4.69) is 20.2 Å². The molecular weight excluding hydrogens is 260 g/mol. The SMILES string of the molecule is c1cc(CN=Nc2ccc(-c3ccncc3)cc2)ccn1. The second kappa shape index (κ2) is 6.52. The van der Waals surface area contributed by atoms with Gasteiger partial charge in [-0.2, -0.15) is 10.2 Å². The topological polar surface area (TPSA) is 50.5 Å². The van der Waals surface area contributed by atoms with Crippen LogP contribution in [0.1, 0.15) is 5.56 Å². The molecule has 0 amide bonds. The first-order valence-corrected chi connectivity index (χ1v) is 6.69. The fourth-order valence-electron chi connectivity index (χ4n) is 1.95. The molecule has 4 heteroatoms. The summed E-state index contributed by atoms with van der Waals surface area (Å²) in [5.74, 6) is 0. The van der Waals surface area contributed by atoms with Crippen molar-refractivity contribution in [2.45, 2.75) is 6.54 Å². The third-order valence-corrected chi connectivity index (χ3v) is 3.07. The standard InChI is InChI=1S/C17H14N4/c1-3-17(21-20-13-14-5-9-18-10-6-14)4-2-15(1)16-7-11-19-12-8-16/h1-12H,13H2. The Balaban J connectivity index is 1.67. The summed E-state index contributed by atoms with van der Waals surface area (Å²) >= 11 is 0. The van der Waals surface area contributed by atoms with Crippen molar-refractivity contribution in [1.82, 2.24) is 9.97 Å². The van der Waals surface area contributed by atoms with Gasteiger partial charge in [0.15, 0.2) is 0 Å². The van der Waals surface area contributed by atoms with Gasteiger partial charge in [-0.05, 0) is 53.1 Å². The van der Waals surface area contributed by atoms with E-state index >= 15 is 0 Å². The van der Waals surface area contributed by atoms with E-state index in [1.54, 1.807) is 24.8 Å². The molecule has 4 nitrogen and oxygen atoms in total. The van der Waals surface area contributed by atoms with Gasteiger partial charge in [0.1, 0.15) is 0 Å². The number of hydrogen-bond acceptors (Lipinski definition) is 4. The summed E-state index contributed by atoms with van der Waals surface area (Å²) in [4.78, 5) is 7.99. The smallest absolute Gasteiger partial charge is 0.0854 e. The van der Waals surface area contributed by atoms with E-state index in [1.807, 2.05) is 48.5 Å². The van der Waals surface area contributed by atoms with Crippen LogP contribution in [0.15, 0.2) is 83.5 Å². The largest absolute Gasteiger partial charge is 0.265 e. The number of nitrogens with zero attached hydrogens (tertiary/aromatic N) is 4. The van der Waals surface area contributed by atoms with Gasteiger partial charge in [0.25, 0.3) is 0 Å². The average molecular weight is 274 g/mol. The Hall–Kier alpha value is -2.88. The van der Waals surface area contributed by atoms with Crippen LogP contribution >= 0.6 is 0 Å². The fraction of sp³-hybridized carbons (Fsp3) is 0.0588. The number of pyridine rings is 2. The normalized spacial score (nSPS) is 10.9. The zero-order chi connectivity index (χ0) is 14.3. The fourth-order valence-corrected chi connectivity index (χ4v) is 1.95. The predicted molar refractivity (Wildman–Crippen MR) is 82.1 cm³/mol. The monoisotopic (exact) mass is 274 g/mol. The summed E-state index contributed by atoms with van der Waals surface area (Å²) in [6.07, 6.45) is 7.10. The second-order valence-corrected chi connectivity index (χ2v) is 4.54. The second-order valence-electron chi connectivity index (χ2n) is 4.54. The van der Waals surface area contributed by atoms with E-state index in [9.17, 15) is 0 Å². The Morgan fingerprint density at radius 1 is 0.667 bits per heavy atom. The van der Waals surface area contributed by atoms with E-state index in [0.717, 1.165) is 22.4 Å². The Morgan fingerprint density at radius 2 is 1.24 bits per heavy atom. The predicted octanol–water partition coefficient (Wildman–Crippen LogP) is 4.43. The van der Waals surface area contributed by atoms with Crippen LogP contribution in [0, 0.1) is 0 Å². The van der Waals surface area contributed by atoms with Gasteiger partial charge in [-0.15, -0.1) is 0 Å². The van der Waals surface area contributed by atoms with E-state index in [0.29, 0.717) is 6.54 Å². The van der Waals surface area contributed by atoms with E-state index in [4.69, 9.17) is 0 Å². The first-order chi connectivity index (χ1) is 10.4. The molecule has 2 aromatic heterocycles. The van der Waals surface area contributed by atoms with E-state index in [1.165, 1.54) is 0 Å². The summed E-state index contributed by atoms with van der Waals surface area (Å²) in [7, 11) is 0. The molecule has 0 fully saturated rings. The molecule has 0 saturated carbocycles. The van der Waals surface area contributed by atoms with Gasteiger partial charge in [-0.25, -0.2) is 0 Å². The maximum atomic E-state index is 4.23. The Bertz CT molecular complexity index is 707. The summed E-state index contributed by atoms with van der Waals surface area (Å²) in [5, 5.41) is 8.43. The lowest BCUT2D eigenvalue weighted by Crippen LogP contribution is -1.80. The molecule has 21 heavy (non-hydrogen) atoms. The lowest BCUT2D eigenvalue weighted by atomic mass is 10.1. The van der Waals surface area contributed by atoms with Crippen molar-refractivity contribution in [3.8, 4) is 11.1 Å². The van der Waals surface area contributed by atoms with Crippen molar-refractivity contribution < 1.29 is 0 Å². The molecule has 1 aromatic carbocycles. The molecule has 3 rings (SSSR count). The molecule has 2 heterocycles. The van der Waals surface area contributed by atoms with Crippen LogP contribution in [-0.2, 0) is 6.54 Å². The van der Waals surface area contributed by atoms with E-state index in [-0.39, 0.29) is 0 Å². The van der Waals surface area contributed by atoms with Crippen LogP contribution in [-0.4, -0.2) is 9.97 Å². The van der Waals surface area contributed by atoms with Gasteiger partial charge in [0.2, 0.25) is 0 Å². The summed E-state index contributed by atoms with van der Waals surface area (Å²) in [5.41, 5.74) is 4.24. The van der Waals surface area contributed by atoms with Gasteiger partial charge in [0.05, 0.1) is 12.2 Å². The minimum Gasteiger partial charge on any atom is -0.265 e. The Kier molecular flexibility index (Phi) is 4.07. The Labute approximate surface area is 123 Å². The molecular formula is C17H14N4. The molecule has 0 spiro atoms. The zero-order valence-electron chi connectivity index (χ0n) is 11.4. The highest BCUT2D eigenvalue weighted by molar-refractivity contribution is 5.64. The lowest BCUT2D eigenvalue weighted by molar-refractivity contribution is 0.955. The number of benzene rings is 1. The van der Waals surface area contributed by atoms with Crippen molar-refractivity contribution in [2.24, 2.45) is 10.2 Å². The molecule has 0 aliphatic carbocycles. The number of azo groups is 1.